The molecule has 2 heterocycles. The first-order chi connectivity index (χ1) is 8.20. The first-order valence-electron chi connectivity index (χ1n) is 6.52. The molecule has 0 amide bonds. The molecule has 1 aliphatic rings. The number of rotatable bonds is 4. The Morgan fingerprint density at radius 1 is 1.29 bits per heavy atom. The highest BCUT2D eigenvalue weighted by molar-refractivity contribution is 7.15. The van der Waals surface area contributed by atoms with E-state index in [-0.39, 0.29) is 0 Å². The molecule has 0 aliphatic carbocycles. The fourth-order valence-electron chi connectivity index (χ4n) is 2.48. The van der Waals surface area contributed by atoms with Crippen molar-refractivity contribution in [3.8, 4) is 0 Å². The third-order valence-electron chi connectivity index (χ3n) is 3.49. The maximum Gasteiger partial charge on any atom is 0.205 e. The van der Waals surface area contributed by atoms with Gasteiger partial charge in [0.2, 0.25) is 5.13 Å². The Bertz CT molecular complexity index is 342. The van der Waals surface area contributed by atoms with Crippen molar-refractivity contribution in [1.82, 2.24) is 15.1 Å². The monoisotopic (exact) mass is 254 g/mol. The van der Waals surface area contributed by atoms with Gasteiger partial charge in [-0.15, -0.1) is 10.2 Å². The molecule has 5 heteroatoms. The molecule has 0 spiro atoms. The summed E-state index contributed by atoms with van der Waals surface area (Å²) >= 11 is 1.68. The van der Waals surface area contributed by atoms with E-state index >= 15 is 0 Å². The lowest BCUT2D eigenvalue weighted by Crippen LogP contribution is -2.42. The van der Waals surface area contributed by atoms with Crippen LogP contribution in [0.4, 0.5) is 5.13 Å². The first kappa shape index (κ1) is 12.8. The van der Waals surface area contributed by atoms with Gasteiger partial charge in [-0.05, 0) is 33.6 Å². The normalized spacial score (nSPS) is 26.1. The number of likely N-dealkylation sites (tertiary alicyclic amines) is 1. The van der Waals surface area contributed by atoms with Gasteiger partial charge in [0, 0.05) is 18.6 Å². The van der Waals surface area contributed by atoms with E-state index in [4.69, 9.17) is 0 Å². The lowest BCUT2D eigenvalue weighted by Gasteiger charge is -2.38. The van der Waals surface area contributed by atoms with E-state index in [9.17, 15) is 0 Å². The first-order valence-corrected chi connectivity index (χ1v) is 7.34. The van der Waals surface area contributed by atoms with Crippen molar-refractivity contribution in [2.45, 2.75) is 58.7 Å². The predicted molar refractivity (Wildman–Crippen MR) is 72.4 cm³/mol. The number of hydrogen-bond donors (Lipinski definition) is 1. The Kier molecular flexibility index (Phi) is 4.34. The number of hydrogen-bond acceptors (Lipinski definition) is 5. The number of anilines is 1. The molecule has 1 saturated heterocycles. The van der Waals surface area contributed by atoms with Gasteiger partial charge in [0.25, 0.3) is 0 Å². The Morgan fingerprint density at radius 2 is 2.00 bits per heavy atom. The minimum absolute atomic E-state index is 0.672. The summed E-state index contributed by atoms with van der Waals surface area (Å²) < 4.78 is 0. The predicted octanol–water partition coefficient (Wildman–Crippen LogP) is 2.73. The van der Waals surface area contributed by atoms with Crippen LogP contribution in [0.15, 0.2) is 0 Å². The van der Waals surface area contributed by atoms with Crippen molar-refractivity contribution in [3.05, 3.63) is 5.01 Å². The SMILES string of the molecule is CCNc1nnc(CN2C(C)CCCC2C)s1. The van der Waals surface area contributed by atoms with Crippen molar-refractivity contribution >= 4 is 16.5 Å². The number of nitrogens with one attached hydrogen (secondary N) is 1. The van der Waals surface area contributed by atoms with Gasteiger partial charge in [-0.1, -0.05) is 17.8 Å². The van der Waals surface area contributed by atoms with Crippen LogP contribution in [0.25, 0.3) is 0 Å². The van der Waals surface area contributed by atoms with E-state index in [1.165, 1.54) is 19.3 Å². The van der Waals surface area contributed by atoms with Crippen molar-refractivity contribution in [1.29, 1.82) is 0 Å². The van der Waals surface area contributed by atoms with Crippen LogP contribution in [0.5, 0.6) is 0 Å². The van der Waals surface area contributed by atoms with Gasteiger partial charge in [0.15, 0.2) is 0 Å². The van der Waals surface area contributed by atoms with Gasteiger partial charge in [-0.3, -0.25) is 4.90 Å². The number of piperidine rings is 1. The Hall–Kier alpha value is -0.680. The van der Waals surface area contributed by atoms with E-state index in [1.54, 1.807) is 11.3 Å². The topological polar surface area (TPSA) is 41.1 Å². The number of nitrogens with zero attached hydrogens (tertiary/aromatic N) is 3. The fourth-order valence-corrected chi connectivity index (χ4v) is 3.30. The summed E-state index contributed by atoms with van der Waals surface area (Å²) in [4.78, 5) is 2.56. The van der Waals surface area contributed by atoms with Crippen molar-refractivity contribution < 1.29 is 0 Å². The highest BCUT2D eigenvalue weighted by Crippen LogP contribution is 2.26. The molecule has 1 fully saturated rings. The molecule has 1 aromatic rings. The summed E-state index contributed by atoms with van der Waals surface area (Å²) in [6.45, 7) is 8.58. The molecule has 0 aromatic carbocycles. The van der Waals surface area contributed by atoms with Crippen LogP contribution in [0.3, 0.4) is 0 Å². The Morgan fingerprint density at radius 3 is 2.65 bits per heavy atom. The third kappa shape index (κ3) is 3.16. The summed E-state index contributed by atoms with van der Waals surface area (Å²) in [6, 6.07) is 1.34. The highest BCUT2D eigenvalue weighted by Gasteiger charge is 2.25. The molecule has 0 radical (unpaired) electrons. The Balaban J connectivity index is 1.98. The van der Waals surface area contributed by atoms with Gasteiger partial charge in [0.1, 0.15) is 5.01 Å². The molecule has 2 unspecified atom stereocenters. The molecule has 17 heavy (non-hydrogen) atoms. The summed E-state index contributed by atoms with van der Waals surface area (Å²) in [5.41, 5.74) is 0. The molecule has 2 rings (SSSR count). The van der Waals surface area contributed by atoms with E-state index in [2.05, 4.69) is 41.2 Å². The van der Waals surface area contributed by atoms with Crippen molar-refractivity contribution in [3.63, 3.8) is 0 Å². The maximum atomic E-state index is 4.26. The van der Waals surface area contributed by atoms with Gasteiger partial charge in [-0.2, -0.15) is 0 Å². The molecule has 1 N–H and O–H groups in total. The minimum atomic E-state index is 0.672. The maximum absolute atomic E-state index is 4.26. The fraction of sp³-hybridized carbons (Fsp3) is 0.833. The summed E-state index contributed by atoms with van der Waals surface area (Å²) in [7, 11) is 0. The highest BCUT2D eigenvalue weighted by atomic mass is 32.1. The van der Waals surface area contributed by atoms with Gasteiger partial charge in [0.05, 0.1) is 6.54 Å². The largest absolute Gasteiger partial charge is 0.360 e. The second-order valence-electron chi connectivity index (χ2n) is 4.83. The zero-order chi connectivity index (χ0) is 12.3. The molecular formula is C12H22N4S. The smallest absolute Gasteiger partial charge is 0.205 e. The third-order valence-corrected chi connectivity index (χ3v) is 4.35. The minimum Gasteiger partial charge on any atom is -0.360 e. The van der Waals surface area contributed by atoms with Gasteiger partial charge >= 0.3 is 0 Å². The van der Waals surface area contributed by atoms with Crippen LogP contribution >= 0.6 is 11.3 Å². The van der Waals surface area contributed by atoms with Crippen LogP contribution in [-0.2, 0) is 6.54 Å². The van der Waals surface area contributed by atoms with Crippen LogP contribution in [0, 0.1) is 0 Å². The molecule has 1 aromatic heterocycles. The van der Waals surface area contributed by atoms with Crippen LogP contribution in [-0.4, -0.2) is 33.7 Å². The van der Waals surface area contributed by atoms with E-state index in [0.717, 1.165) is 23.2 Å². The number of aromatic nitrogens is 2. The van der Waals surface area contributed by atoms with Crippen LogP contribution in [0.2, 0.25) is 0 Å². The summed E-state index contributed by atoms with van der Waals surface area (Å²) in [5, 5.41) is 13.7. The van der Waals surface area contributed by atoms with Crippen molar-refractivity contribution in [2.24, 2.45) is 0 Å². The molecule has 0 saturated carbocycles. The average Bonchev–Trinajstić information content (AvgIpc) is 2.72. The molecule has 96 valence electrons. The van der Waals surface area contributed by atoms with E-state index in [1.807, 2.05) is 0 Å². The second kappa shape index (κ2) is 5.78. The zero-order valence-electron chi connectivity index (χ0n) is 10.9. The van der Waals surface area contributed by atoms with E-state index in [0.29, 0.717) is 12.1 Å². The van der Waals surface area contributed by atoms with Gasteiger partial charge in [-0.25, -0.2) is 0 Å². The lowest BCUT2D eigenvalue weighted by atomic mass is 9.98. The molecule has 0 bridgehead atoms. The zero-order valence-corrected chi connectivity index (χ0v) is 11.8. The second-order valence-corrected chi connectivity index (χ2v) is 5.89. The average molecular weight is 254 g/mol. The molecule has 4 nitrogen and oxygen atoms in total. The standard InChI is InChI=1S/C12H22N4S/c1-4-13-12-15-14-11(17-12)8-16-9(2)6-5-7-10(16)3/h9-10H,4-8H2,1-3H3,(H,13,15). The van der Waals surface area contributed by atoms with Crippen molar-refractivity contribution in [2.75, 3.05) is 11.9 Å². The Labute approximate surface area is 107 Å². The molecular weight excluding hydrogens is 232 g/mol. The van der Waals surface area contributed by atoms with Crippen LogP contribution in [0.1, 0.15) is 45.0 Å². The summed E-state index contributed by atoms with van der Waals surface area (Å²) in [5.74, 6) is 0. The van der Waals surface area contributed by atoms with Gasteiger partial charge < -0.3 is 5.32 Å². The summed E-state index contributed by atoms with van der Waals surface area (Å²) in [6.07, 6.45) is 3.98. The van der Waals surface area contributed by atoms with Crippen LogP contribution < -0.4 is 5.32 Å². The molecule has 1 aliphatic heterocycles. The molecule has 2 atom stereocenters. The quantitative estimate of drug-likeness (QED) is 0.897. The van der Waals surface area contributed by atoms with E-state index < -0.39 is 0 Å². The lowest BCUT2D eigenvalue weighted by molar-refractivity contribution is 0.0949.